The number of fused-ring (bicyclic) bond motifs is 1. The van der Waals surface area contributed by atoms with Crippen molar-refractivity contribution in [2.75, 3.05) is 0 Å². The summed E-state index contributed by atoms with van der Waals surface area (Å²) in [7, 11) is 0. The van der Waals surface area contributed by atoms with Gasteiger partial charge < -0.3 is 5.11 Å². The Morgan fingerprint density at radius 3 is 2.59 bits per heavy atom. The van der Waals surface area contributed by atoms with Crippen molar-refractivity contribution in [3.63, 3.8) is 0 Å². The molecule has 88 valence electrons. The molecule has 0 fully saturated rings. The molecule has 0 bridgehead atoms. The molecule has 1 aliphatic carbocycles. The van der Waals surface area contributed by atoms with Gasteiger partial charge in [-0.05, 0) is 29.9 Å². The highest BCUT2D eigenvalue weighted by atomic mass is 32.1. The maximum Gasteiger partial charge on any atom is 0.0950 e. The smallest absolute Gasteiger partial charge is 0.0950 e. The van der Waals surface area contributed by atoms with Crippen molar-refractivity contribution < 1.29 is 5.11 Å². The number of aliphatic hydroxyl groups is 1. The molecule has 0 saturated carbocycles. The van der Waals surface area contributed by atoms with E-state index in [-0.39, 0.29) is 6.10 Å². The van der Waals surface area contributed by atoms with Crippen LogP contribution in [-0.2, 0) is 19.3 Å². The van der Waals surface area contributed by atoms with Gasteiger partial charge in [0.25, 0.3) is 0 Å². The molecule has 0 saturated heterocycles. The van der Waals surface area contributed by atoms with Gasteiger partial charge in [-0.25, -0.2) is 4.98 Å². The summed E-state index contributed by atoms with van der Waals surface area (Å²) in [5.41, 5.74) is 2.80. The summed E-state index contributed by atoms with van der Waals surface area (Å²) in [6, 6.07) is 8.50. The van der Waals surface area contributed by atoms with E-state index in [1.54, 1.807) is 17.5 Å². The zero-order valence-electron chi connectivity index (χ0n) is 9.54. The Morgan fingerprint density at radius 1 is 1.29 bits per heavy atom. The van der Waals surface area contributed by atoms with Gasteiger partial charge >= 0.3 is 0 Å². The van der Waals surface area contributed by atoms with E-state index in [0.717, 1.165) is 17.8 Å². The zero-order chi connectivity index (χ0) is 11.7. The van der Waals surface area contributed by atoms with Crippen LogP contribution < -0.4 is 0 Å². The molecule has 0 aliphatic heterocycles. The standard InChI is InChI=1S/C14H15NOS/c16-13(9-14-15-5-6-17-14)12-7-10-3-1-2-4-11(10)8-12/h1-6,12-13,16H,7-9H2. The maximum absolute atomic E-state index is 10.3. The molecular formula is C14H15NOS. The number of nitrogens with zero attached hydrogens (tertiary/aromatic N) is 1. The largest absolute Gasteiger partial charge is 0.392 e. The predicted octanol–water partition coefficient (Wildman–Crippen LogP) is 2.46. The number of hydrogen-bond acceptors (Lipinski definition) is 3. The number of hydrogen-bond donors (Lipinski definition) is 1. The molecule has 3 heteroatoms. The van der Waals surface area contributed by atoms with Crippen LogP contribution in [0.2, 0.25) is 0 Å². The molecule has 2 nitrogen and oxygen atoms in total. The first kappa shape index (κ1) is 10.9. The summed E-state index contributed by atoms with van der Waals surface area (Å²) >= 11 is 1.62. The zero-order valence-corrected chi connectivity index (χ0v) is 10.4. The summed E-state index contributed by atoms with van der Waals surface area (Å²) < 4.78 is 0. The van der Waals surface area contributed by atoms with Crippen molar-refractivity contribution >= 4 is 11.3 Å². The van der Waals surface area contributed by atoms with Gasteiger partial charge in [-0.1, -0.05) is 24.3 Å². The average molecular weight is 245 g/mol. The second kappa shape index (κ2) is 4.59. The van der Waals surface area contributed by atoms with Crippen LogP contribution in [-0.4, -0.2) is 16.2 Å². The lowest BCUT2D eigenvalue weighted by Gasteiger charge is -2.16. The quantitative estimate of drug-likeness (QED) is 0.901. The lowest BCUT2D eigenvalue weighted by Crippen LogP contribution is -2.23. The Balaban J connectivity index is 1.68. The summed E-state index contributed by atoms with van der Waals surface area (Å²) in [5, 5.41) is 13.3. The van der Waals surface area contributed by atoms with Crippen molar-refractivity contribution in [3.05, 3.63) is 52.0 Å². The minimum absolute atomic E-state index is 0.270. The molecule has 1 atom stereocenters. The van der Waals surface area contributed by atoms with Gasteiger partial charge in [-0.2, -0.15) is 0 Å². The molecule has 1 N–H and O–H groups in total. The Kier molecular flexibility index (Phi) is 2.95. The van der Waals surface area contributed by atoms with Crippen molar-refractivity contribution in [1.82, 2.24) is 4.98 Å². The maximum atomic E-state index is 10.3. The fraction of sp³-hybridized carbons (Fsp3) is 0.357. The highest BCUT2D eigenvalue weighted by Crippen LogP contribution is 2.29. The topological polar surface area (TPSA) is 33.1 Å². The van der Waals surface area contributed by atoms with E-state index in [2.05, 4.69) is 29.2 Å². The van der Waals surface area contributed by atoms with E-state index >= 15 is 0 Å². The van der Waals surface area contributed by atoms with Gasteiger partial charge in [0.05, 0.1) is 11.1 Å². The fourth-order valence-electron chi connectivity index (χ4n) is 2.56. The van der Waals surface area contributed by atoms with E-state index < -0.39 is 0 Å². The van der Waals surface area contributed by atoms with Crippen LogP contribution >= 0.6 is 11.3 Å². The molecule has 1 unspecified atom stereocenters. The molecule has 2 aromatic rings. The van der Waals surface area contributed by atoms with Gasteiger partial charge in [-0.15, -0.1) is 11.3 Å². The van der Waals surface area contributed by atoms with E-state index in [0.29, 0.717) is 12.3 Å². The fourth-order valence-corrected chi connectivity index (χ4v) is 3.23. The van der Waals surface area contributed by atoms with Crippen LogP contribution in [0.25, 0.3) is 0 Å². The number of aliphatic hydroxyl groups excluding tert-OH is 1. The van der Waals surface area contributed by atoms with Crippen molar-refractivity contribution in [1.29, 1.82) is 0 Å². The Bertz CT molecular complexity index is 470. The first-order valence-electron chi connectivity index (χ1n) is 5.96. The van der Waals surface area contributed by atoms with E-state index in [4.69, 9.17) is 0 Å². The molecule has 0 spiro atoms. The monoisotopic (exact) mass is 245 g/mol. The number of thiazole rings is 1. The minimum atomic E-state index is -0.270. The van der Waals surface area contributed by atoms with Crippen molar-refractivity contribution in [3.8, 4) is 0 Å². The summed E-state index contributed by atoms with van der Waals surface area (Å²) in [6.07, 6.45) is 4.23. The Hall–Kier alpha value is -1.19. The van der Waals surface area contributed by atoms with Crippen molar-refractivity contribution in [2.45, 2.75) is 25.4 Å². The normalized spacial score (nSPS) is 17.0. The molecule has 0 amide bonds. The van der Waals surface area contributed by atoms with Crippen LogP contribution in [0.5, 0.6) is 0 Å². The third-order valence-electron chi connectivity index (χ3n) is 3.49. The van der Waals surface area contributed by atoms with Crippen LogP contribution in [0, 0.1) is 5.92 Å². The Labute approximate surface area is 105 Å². The first-order valence-corrected chi connectivity index (χ1v) is 6.84. The van der Waals surface area contributed by atoms with Crippen LogP contribution in [0.15, 0.2) is 35.8 Å². The predicted molar refractivity (Wildman–Crippen MR) is 69.2 cm³/mol. The average Bonchev–Trinajstić information content (AvgIpc) is 2.96. The lowest BCUT2D eigenvalue weighted by molar-refractivity contribution is 0.112. The minimum Gasteiger partial charge on any atom is -0.392 e. The number of aromatic nitrogens is 1. The van der Waals surface area contributed by atoms with Gasteiger partial charge in [0.1, 0.15) is 0 Å². The van der Waals surface area contributed by atoms with Crippen LogP contribution in [0.4, 0.5) is 0 Å². The van der Waals surface area contributed by atoms with Gasteiger partial charge in [0, 0.05) is 18.0 Å². The summed E-state index contributed by atoms with van der Waals surface area (Å²) in [4.78, 5) is 4.24. The van der Waals surface area contributed by atoms with Gasteiger partial charge in [0.2, 0.25) is 0 Å². The SMILES string of the molecule is OC(Cc1nccs1)C1Cc2ccccc2C1. The second-order valence-corrected chi connectivity index (χ2v) is 5.61. The van der Waals surface area contributed by atoms with Crippen LogP contribution in [0.3, 0.4) is 0 Å². The van der Waals surface area contributed by atoms with Crippen molar-refractivity contribution in [2.24, 2.45) is 5.92 Å². The summed E-state index contributed by atoms with van der Waals surface area (Å²) in [5.74, 6) is 0.358. The molecule has 17 heavy (non-hydrogen) atoms. The molecule has 1 aromatic heterocycles. The Morgan fingerprint density at radius 2 is 2.00 bits per heavy atom. The van der Waals surface area contributed by atoms with Gasteiger partial charge in [-0.3, -0.25) is 0 Å². The molecule has 0 radical (unpaired) electrons. The third-order valence-corrected chi connectivity index (χ3v) is 4.30. The van der Waals surface area contributed by atoms with E-state index in [1.165, 1.54) is 11.1 Å². The summed E-state index contributed by atoms with van der Waals surface area (Å²) in [6.45, 7) is 0. The highest BCUT2D eigenvalue weighted by molar-refractivity contribution is 7.09. The molecule has 3 rings (SSSR count). The first-order chi connectivity index (χ1) is 8.33. The van der Waals surface area contributed by atoms with E-state index in [1.807, 2.05) is 5.38 Å². The molecule has 1 aromatic carbocycles. The molecule has 1 aliphatic rings. The lowest BCUT2D eigenvalue weighted by atomic mass is 9.97. The van der Waals surface area contributed by atoms with E-state index in [9.17, 15) is 5.11 Å². The third kappa shape index (κ3) is 2.26. The number of benzene rings is 1. The molecule has 1 heterocycles. The highest BCUT2D eigenvalue weighted by Gasteiger charge is 2.27. The van der Waals surface area contributed by atoms with Gasteiger partial charge in [0.15, 0.2) is 0 Å². The number of rotatable bonds is 3. The second-order valence-electron chi connectivity index (χ2n) is 4.63. The molecular weight excluding hydrogens is 230 g/mol. The van der Waals surface area contributed by atoms with Crippen LogP contribution in [0.1, 0.15) is 16.1 Å².